The Balaban J connectivity index is 1.77. The molecule has 6 rings (SSSR count). The van der Waals surface area contributed by atoms with Crippen LogP contribution in [0.5, 0.6) is 28.7 Å². The quantitative estimate of drug-likeness (QED) is 0.118. The molecule has 0 bridgehead atoms. The molecule has 0 saturated heterocycles. The first kappa shape index (κ1) is 29.2. The fourth-order valence-corrected chi connectivity index (χ4v) is 5.65. The van der Waals surface area contributed by atoms with Gasteiger partial charge in [-0.25, -0.2) is 4.79 Å². The molecule has 3 aromatic heterocycles. The maximum Gasteiger partial charge on any atom is 0.361 e. The summed E-state index contributed by atoms with van der Waals surface area (Å²) in [5.41, 5.74) is 2.88. The zero-order chi connectivity index (χ0) is 31.1. The van der Waals surface area contributed by atoms with Crippen molar-refractivity contribution in [2.45, 2.75) is 39.9 Å². The minimum Gasteiger partial charge on any atom is -0.493 e. The zero-order valence-corrected chi connectivity index (χ0v) is 25.8. The molecule has 228 valence electrons. The molecular weight excluding hydrogens is 562 g/mol. The van der Waals surface area contributed by atoms with Crippen molar-refractivity contribution in [3.05, 3.63) is 71.2 Å². The number of ether oxygens (including phenoxy) is 6. The van der Waals surface area contributed by atoms with E-state index in [0.717, 1.165) is 32.8 Å². The molecular formula is C35H35NO8. The van der Waals surface area contributed by atoms with Crippen molar-refractivity contribution < 1.29 is 32.8 Å². The van der Waals surface area contributed by atoms with Crippen molar-refractivity contribution in [2.75, 3.05) is 28.1 Å². The molecule has 0 saturated carbocycles. The molecule has 0 amide bonds. The Morgan fingerprint density at radius 1 is 0.750 bits per heavy atom. The first-order valence-corrected chi connectivity index (χ1v) is 14.4. The molecule has 9 nitrogen and oxygen atoms in total. The molecule has 3 aromatic carbocycles. The average Bonchev–Trinajstić information content (AvgIpc) is 3.35. The third kappa shape index (κ3) is 5.03. The molecule has 0 aliphatic rings. The number of hydrogen-bond acceptors (Lipinski definition) is 8. The Hall–Kier alpha value is -4.89. The summed E-state index contributed by atoms with van der Waals surface area (Å²) in [6.45, 7) is 7.94. The van der Waals surface area contributed by atoms with Crippen LogP contribution in [0.2, 0.25) is 0 Å². The second-order valence-corrected chi connectivity index (χ2v) is 11.0. The normalized spacial score (nSPS) is 11.8. The van der Waals surface area contributed by atoms with Crippen molar-refractivity contribution in [3.8, 4) is 39.9 Å². The molecule has 0 radical (unpaired) electrons. The van der Waals surface area contributed by atoms with Crippen LogP contribution in [-0.4, -0.2) is 44.7 Å². The molecule has 0 aliphatic carbocycles. The number of rotatable bonds is 10. The molecule has 0 unspecified atom stereocenters. The van der Waals surface area contributed by atoms with E-state index < -0.39 is 5.63 Å². The third-order valence-electron chi connectivity index (χ3n) is 7.34. The van der Waals surface area contributed by atoms with Gasteiger partial charge in [0.1, 0.15) is 16.8 Å². The summed E-state index contributed by atoms with van der Waals surface area (Å²) in [6.07, 6.45) is 1.75. The number of benzene rings is 3. The van der Waals surface area contributed by atoms with Gasteiger partial charge in [-0.2, -0.15) is 0 Å². The van der Waals surface area contributed by atoms with Gasteiger partial charge in [0.25, 0.3) is 0 Å². The van der Waals surface area contributed by atoms with Crippen LogP contribution < -0.4 is 29.3 Å². The van der Waals surface area contributed by atoms with Crippen molar-refractivity contribution >= 4 is 38.2 Å². The third-order valence-corrected chi connectivity index (χ3v) is 7.34. The molecule has 0 N–H and O–H groups in total. The maximum absolute atomic E-state index is 13.8. The van der Waals surface area contributed by atoms with Gasteiger partial charge in [0.15, 0.2) is 29.8 Å². The predicted molar refractivity (Wildman–Crippen MR) is 171 cm³/mol. The minimum atomic E-state index is -0.472. The number of methoxy groups -OCH3 is 3. The molecule has 44 heavy (non-hydrogen) atoms. The van der Waals surface area contributed by atoms with Crippen LogP contribution in [-0.2, 0) is 4.74 Å². The first-order chi connectivity index (χ1) is 21.2. The van der Waals surface area contributed by atoms with Gasteiger partial charge in [-0.05, 0) is 75.0 Å². The summed E-state index contributed by atoms with van der Waals surface area (Å²) < 4.78 is 42.1. The number of hydrogen-bond donors (Lipinski definition) is 0. The fraction of sp³-hybridized carbons (Fsp3) is 0.286. The van der Waals surface area contributed by atoms with Gasteiger partial charge < -0.3 is 37.2 Å². The maximum atomic E-state index is 13.8. The van der Waals surface area contributed by atoms with E-state index in [1.54, 1.807) is 27.4 Å². The topological polar surface area (TPSA) is 90.0 Å². The standard InChI is InChI=1S/C35H35NO8/c1-19(2)42-29-14-22-12-13-36-33(24(22)15-27(29)39-6)31(21-8-10-23(11-9-21)41-18-38-5)32-25-16-28(40-7)30(43-20(3)4)17-26(25)44-35(37)34(32)36/h8-17,19-20H,18H2,1-7H3. The smallest absolute Gasteiger partial charge is 0.361 e. The second kappa shape index (κ2) is 11.7. The highest BCUT2D eigenvalue weighted by atomic mass is 16.7. The Labute approximate surface area is 254 Å². The van der Waals surface area contributed by atoms with Crippen LogP contribution in [0.3, 0.4) is 0 Å². The number of aromatic nitrogens is 1. The van der Waals surface area contributed by atoms with Gasteiger partial charge in [0.2, 0.25) is 0 Å². The van der Waals surface area contributed by atoms with Gasteiger partial charge in [-0.3, -0.25) is 0 Å². The largest absolute Gasteiger partial charge is 0.493 e. The second-order valence-electron chi connectivity index (χ2n) is 11.0. The lowest BCUT2D eigenvalue weighted by Gasteiger charge is -2.15. The Kier molecular flexibility index (Phi) is 7.73. The monoisotopic (exact) mass is 597 g/mol. The van der Waals surface area contributed by atoms with Crippen molar-refractivity contribution in [1.82, 2.24) is 4.40 Å². The zero-order valence-electron chi connectivity index (χ0n) is 25.8. The van der Waals surface area contributed by atoms with Crippen molar-refractivity contribution in [2.24, 2.45) is 0 Å². The molecule has 0 atom stereocenters. The lowest BCUT2D eigenvalue weighted by atomic mass is 9.98. The highest BCUT2D eigenvalue weighted by Crippen LogP contribution is 2.45. The molecule has 6 aromatic rings. The summed E-state index contributed by atoms with van der Waals surface area (Å²) in [4.78, 5) is 13.8. The van der Waals surface area contributed by atoms with E-state index in [1.807, 2.05) is 86.8 Å². The molecule has 9 heteroatoms. The van der Waals surface area contributed by atoms with E-state index in [-0.39, 0.29) is 19.0 Å². The van der Waals surface area contributed by atoms with Crippen LogP contribution in [0.15, 0.2) is 70.0 Å². The van der Waals surface area contributed by atoms with Crippen LogP contribution in [0, 0.1) is 0 Å². The van der Waals surface area contributed by atoms with Crippen molar-refractivity contribution in [1.29, 1.82) is 0 Å². The van der Waals surface area contributed by atoms with E-state index >= 15 is 0 Å². The van der Waals surface area contributed by atoms with Crippen molar-refractivity contribution in [3.63, 3.8) is 0 Å². The van der Waals surface area contributed by atoms with E-state index in [9.17, 15) is 4.79 Å². The highest BCUT2D eigenvalue weighted by Gasteiger charge is 2.25. The van der Waals surface area contributed by atoms with E-state index in [0.29, 0.717) is 45.2 Å². The fourth-order valence-electron chi connectivity index (χ4n) is 5.65. The Morgan fingerprint density at radius 2 is 1.39 bits per heavy atom. The van der Waals surface area contributed by atoms with Gasteiger partial charge in [-0.15, -0.1) is 0 Å². The Morgan fingerprint density at radius 3 is 2.00 bits per heavy atom. The summed E-state index contributed by atoms with van der Waals surface area (Å²) in [5, 5.41) is 3.25. The van der Waals surface area contributed by atoms with E-state index in [2.05, 4.69) is 0 Å². The SMILES string of the molecule is COCOc1ccc(-c2c3c4cc(OC)c(OC(C)C)cc4oc(=O)c3n3ccc4cc(OC(C)C)c(OC)cc4c23)cc1. The summed E-state index contributed by atoms with van der Waals surface area (Å²) in [6, 6.07) is 17.2. The van der Waals surface area contributed by atoms with Crippen LogP contribution in [0.4, 0.5) is 0 Å². The minimum absolute atomic E-state index is 0.0362. The number of fused-ring (bicyclic) bond motifs is 7. The van der Waals surface area contributed by atoms with Crippen LogP contribution >= 0.6 is 0 Å². The van der Waals surface area contributed by atoms with E-state index in [1.165, 1.54) is 0 Å². The van der Waals surface area contributed by atoms with Crippen LogP contribution in [0.1, 0.15) is 27.7 Å². The molecule has 0 spiro atoms. The molecule has 0 aliphatic heterocycles. The summed E-state index contributed by atoms with van der Waals surface area (Å²) >= 11 is 0. The predicted octanol–water partition coefficient (Wildman–Crippen LogP) is 7.59. The average molecular weight is 598 g/mol. The van der Waals surface area contributed by atoms with E-state index in [4.69, 9.17) is 32.8 Å². The van der Waals surface area contributed by atoms with Gasteiger partial charge >= 0.3 is 5.63 Å². The highest BCUT2D eigenvalue weighted by molar-refractivity contribution is 6.21. The molecule has 3 heterocycles. The van der Waals surface area contributed by atoms with Gasteiger partial charge in [0.05, 0.1) is 31.9 Å². The Bertz CT molecular complexity index is 2050. The molecule has 0 fully saturated rings. The summed E-state index contributed by atoms with van der Waals surface area (Å²) in [7, 11) is 4.79. The lowest BCUT2D eigenvalue weighted by Crippen LogP contribution is -2.07. The first-order valence-electron chi connectivity index (χ1n) is 14.4. The van der Waals surface area contributed by atoms with Crippen LogP contribution in [0.25, 0.3) is 49.3 Å². The van der Waals surface area contributed by atoms with Gasteiger partial charge in [-0.1, -0.05) is 12.1 Å². The van der Waals surface area contributed by atoms with Gasteiger partial charge in [0, 0.05) is 41.1 Å². The number of pyridine rings is 1. The lowest BCUT2D eigenvalue weighted by molar-refractivity contribution is 0.0511. The summed E-state index contributed by atoms with van der Waals surface area (Å²) in [5.74, 6) is 2.92. The number of nitrogens with zero attached hydrogens (tertiary/aromatic N) is 1.